The Balaban J connectivity index is 1.79. The fourth-order valence-electron chi connectivity index (χ4n) is 1.39. The monoisotopic (exact) mass is 199 g/mol. The molecule has 0 spiro atoms. The van der Waals surface area contributed by atoms with Gasteiger partial charge in [0.25, 0.3) is 0 Å². The van der Waals surface area contributed by atoms with Crippen LogP contribution >= 0.6 is 0 Å². The van der Waals surface area contributed by atoms with Crippen LogP contribution in [0, 0.1) is 5.92 Å². The SMILES string of the molecule is CCCCOCCC(C)CNC1CC1. The summed E-state index contributed by atoms with van der Waals surface area (Å²) in [7, 11) is 0. The van der Waals surface area contributed by atoms with Crippen LogP contribution in [0.3, 0.4) is 0 Å². The van der Waals surface area contributed by atoms with Crippen molar-refractivity contribution >= 4 is 0 Å². The van der Waals surface area contributed by atoms with Crippen LogP contribution in [0.2, 0.25) is 0 Å². The highest BCUT2D eigenvalue weighted by atomic mass is 16.5. The summed E-state index contributed by atoms with van der Waals surface area (Å²) >= 11 is 0. The first-order valence-electron chi connectivity index (χ1n) is 6.14. The average molecular weight is 199 g/mol. The Kier molecular flexibility index (Phi) is 6.20. The summed E-state index contributed by atoms with van der Waals surface area (Å²) in [6.07, 6.45) is 6.41. The highest BCUT2D eigenvalue weighted by molar-refractivity contribution is 4.81. The molecule has 2 nitrogen and oxygen atoms in total. The molecule has 1 N–H and O–H groups in total. The molecule has 0 amide bonds. The molecule has 1 rings (SSSR count). The highest BCUT2D eigenvalue weighted by Gasteiger charge is 2.20. The maximum absolute atomic E-state index is 5.54. The Labute approximate surface area is 88.4 Å². The minimum Gasteiger partial charge on any atom is -0.381 e. The lowest BCUT2D eigenvalue weighted by molar-refractivity contribution is 0.119. The molecule has 0 radical (unpaired) electrons. The minimum atomic E-state index is 0.761. The number of hydrogen-bond acceptors (Lipinski definition) is 2. The van der Waals surface area contributed by atoms with Gasteiger partial charge in [0.1, 0.15) is 0 Å². The fraction of sp³-hybridized carbons (Fsp3) is 1.00. The molecule has 0 heterocycles. The molecule has 1 atom stereocenters. The molecule has 0 aromatic heterocycles. The third-order valence-corrected chi connectivity index (χ3v) is 2.73. The fourth-order valence-corrected chi connectivity index (χ4v) is 1.39. The molecule has 0 aromatic rings. The van der Waals surface area contributed by atoms with Crippen molar-refractivity contribution in [2.45, 2.75) is 52.0 Å². The second-order valence-corrected chi connectivity index (χ2v) is 4.54. The van der Waals surface area contributed by atoms with E-state index >= 15 is 0 Å². The summed E-state index contributed by atoms with van der Waals surface area (Å²) in [6, 6.07) is 0.846. The summed E-state index contributed by atoms with van der Waals surface area (Å²) in [5.74, 6) is 0.761. The molecule has 1 fully saturated rings. The van der Waals surface area contributed by atoms with Gasteiger partial charge in [-0.05, 0) is 38.1 Å². The standard InChI is InChI=1S/C12H25NO/c1-3-4-8-14-9-7-11(2)10-13-12-5-6-12/h11-13H,3-10H2,1-2H3. The van der Waals surface area contributed by atoms with Crippen molar-refractivity contribution in [2.75, 3.05) is 19.8 Å². The zero-order valence-electron chi connectivity index (χ0n) is 9.72. The maximum atomic E-state index is 5.54. The highest BCUT2D eigenvalue weighted by Crippen LogP contribution is 2.19. The van der Waals surface area contributed by atoms with Gasteiger partial charge in [0.15, 0.2) is 0 Å². The van der Waals surface area contributed by atoms with Gasteiger partial charge in [-0.2, -0.15) is 0 Å². The first kappa shape index (κ1) is 12.0. The first-order valence-corrected chi connectivity index (χ1v) is 6.14. The van der Waals surface area contributed by atoms with Crippen LogP contribution in [0.25, 0.3) is 0 Å². The second-order valence-electron chi connectivity index (χ2n) is 4.54. The van der Waals surface area contributed by atoms with Crippen molar-refractivity contribution in [3.05, 3.63) is 0 Å². The summed E-state index contributed by atoms with van der Waals surface area (Å²) in [5.41, 5.74) is 0. The maximum Gasteiger partial charge on any atom is 0.0469 e. The molecule has 1 aliphatic carbocycles. The van der Waals surface area contributed by atoms with Gasteiger partial charge in [0.2, 0.25) is 0 Å². The smallest absolute Gasteiger partial charge is 0.0469 e. The summed E-state index contributed by atoms with van der Waals surface area (Å²) in [5, 5.41) is 3.55. The van der Waals surface area contributed by atoms with Crippen molar-refractivity contribution in [2.24, 2.45) is 5.92 Å². The normalized spacial score (nSPS) is 18.4. The van der Waals surface area contributed by atoms with E-state index in [1.165, 1.54) is 38.6 Å². The predicted octanol–water partition coefficient (Wildman–Crippen LogP) is 2.58. The molecule has 2 heteroatoms. The van der Waals surface area contributed by atoms with Gasteiger partial charge in [0, 0.05) is 19.3 Å². The van der Waals surface area contributed by atoms with E-state index in [0.717, 1.165) is 25.2 Å². The molecular formula is C12H25NO. The van der Waals surface area contributed by atoms with E-state index in [0.29, 0.717) is 0 Å². The van der Waals surface area contributed by atoms with E-state index in [1.54, 1.807) is 0 Å². The zero-order valence-corrected chi connectivity index (χ0v) is 9.72. The van der Waals surface area contributed by atoms with E-state index in [2.05, 4.69) is 19.2 Å². The van der Waals surface area contributed by atoms with Crippen LogP contribution in [-0.2, 0) is 4.74 Å². The molecule has 1 saturated carbocycles. The van der Waals surface area contributed by atoms with Crippen molar-refractivity contribution in [3.8, 4) is 0 Å². The molecule has 0 saturated heterocycles. The molecule has 0 aromatic carbocycles. The number of hydrogen-bond donors (Lipinski definition) is 1. The van der Waals surface area contributed by atoms with Crippen molar-refractivity contribution in [1.82, 2.24) is 5.32 Å². The Bertz CT molecular complexity index is 134. The van der Waals surface area contributed by atoms with Crippen LogP contribution in [0.5, 0.6) is 0 Å². The van der Waals surface area contributed by atoms with E-state index in [4.69, 9.17) is 4.74 Å². The molecule has 0 bridgehead atoms. The molecule has 84 valence electrons. The Morgan fingerprint density at radius 3 is 2.79 bits per heavy atom. The van der Waals surface area contributed by atoms with Crippen LogP contribution < -0.4 is 5.32 Å². The van der Waals surface area contributed by atoms with Gasteiger partial charge in [-0.15, -0.1) is 0 Å². The van der Waals surface area contributed by atoms with Crippen LogP contribution in [0.4, 0.5) is 0 Å². The molecule has 1 unspecified atom stereocenters. The Morgan fingerprint density at radius 2 is 2.14 bits per heavy atom. The largest absolute Gasteiger partial charge is 0.381 e. The molecule has 0 aliphatic heterocycles. The lowest BCUT2D eigenvalue weighted by Crippen LogP contribution is -2.23. The Morgan fingerprint density at radius 1 is 1.36 bits per heavy atom. The third-order valence-electron chi connectivity index (χ3n) is 2.73. The van der Waals surface area contributed by atoms with E-state index in [9.17, 15) is 0 Å². The van der Waals surface area contributed by atoms with E-state index in [1.807, 2.05) is 0 Å². The Hall–Kier alpha value is -0.0800. The van der Waals surface area contributed by atoms with Gasteiger partial charge < -0.3 is 10.1 Å². The average Bonchev–Trinajstić information content (AvgIpc) is 2.98. The summed E-state index contributed by atoms with van der Waals surface area (Å²) in [4.78, 5) is 0. The lowest BCUT2D eigenvalue weighted by atomic mass is 10.1. The predicted molar refractivity (Wildman–Crippen MR) is 60.5 cm³/mol. The van der Waals surface area contributed by atoms with Crippen molar-refractivity contribution in [3.63, 3.8) is 0 Å². The summed E-state index contributed by atoms with van der Waals surface area (Å²) in [6.45, 7) is 7.55. The van der Waals surface area contributed by atoms with Crippen molar-refractivity contribution < 1.29 is 4.74 Å². The van der Waals surface area contributed by atoms with Gasteiger partial charge >= 0.3 is 0 Å². The number of rotatable bonds is 9. The second kappa shape index (κ2) is 7.24. The van der Waals surface area contributed by atoms with Gasteiger partial charge in [-0.1, -0.05) is 20.3 Å². The number of nitrogens with one attached hydrogen (secondary N) is 1. The summed E-state index contributed by atoms with van der Waals surface area (Å²) < 4.78 is 5.54. The first-order chi connectivity index (χ1) is 6.83. The molecule has 1 aliphatic rings. The van der Waals surface area contributed by atoms with Crippen LogP contribution in [0.1, 0.15) is 46.0 Å². The number of unbranched alkanes of at least 4 members (excludes halogenated alkanes) is 1. The molecular weight excluding hydrogens is 174 g/mol. The topological polar surface area (TPSA) is 21.3 Å². The van der Waals surface area contributed by atoms with Gasteiger partial charge in [-0.25, -0.2) is 0 Å². The third kappa shape index (κ3) is 6.39. The quantitative estimate of drug-likeness (QED) is 0.576. The lowest BCUT2D eigenvalue weighted by Gasteiger charge is -2.12. The van der Waals surface area contributed by atoms with Gasteiger partial charge in [0.05, 0.1) is 0 Å². The van der Waals surface area contributed by atoms with Gasteiger partial charge in [-0.3, -0.25) is 0 Å². The van der Waals surface area contributed by atoms with E-state index < -0.39 is 0 Å². The minimum absolute atomic E-state index is 0.761. The van der Waals surface area contributed by atoms with Crippen LogP contribution in [-0.4, -0.2) is 25.8 Å². The molecule has 14 heavy (non-hydrogen) atoms. The number of ether oxygens (including phenoxy) is 1. The van der Waals surface area contributed by atoms with E-state index in [-0.39, 0.29) is 0 Å². The zero-order chi connectivity index (χ0) is 10.2. The van der Waals surface area contributed by atoms with Crippen molar-refractivity contribution in [1.29, 1.82) is 0 Å². The van der Waals surface area contributed by atoms with Crippen LogP contribution in [0.15, 0.2) is 0 Å².